The van der Waals surface area contributed by atoms with E-state index in [1.165, 1.54) is 18.2 Å². The molecular formula is C20H17F2N5O. The lowest BCUT2D eigenvalue weighted by Crippen LogP contribution is -2.43. The molecule has 2 N–H and O–H groups in total. The number of benzene rings is 2. The maximum absolute atomic E-state index is 14.9. The first-order valence-corrected chi connectivity index (χ1v) is 9.08. The third kappa shape index (κ3) is 2.56. The molecule has 0 amide bonds. The molecule has 0 spiro atoms. The summed E-state index contributed by atoms with van der Waals surface area (Å²) in [4.78, 5) is 17.8. The van der Waals surface area contributed by atoms with Gasteiger partial charge in [0.1, 0.15) is 23.0 Å². The highest BCUT2D eigenvalue weighted by Gasteiger charge is 2.23. The van der Waals surface area contributed by atoms with E-state index in [0.717, 1.165) is 30.9 Å². The molecule has 3 heterocycles. The van der Waals surface area contributed by atoms with E-state index in [2.05, 4.69) is 15.4 Å². The Balaban J connectivity index is 1.71. The van der Waals surface area contributed by atoms with E-state index in [1.54, 1.807) is 24.4 Å². The second kappa shape index (κ2) is 6.42. The second-order valence-corrected chi connectivity index (χ2v) is 6.81. The van der Waals surface area contributed by atoms with Crippen LogP contribution in [0.3, 0.4) is 0 Å². The van der Waals surface area contributed by atoms with E-state index in [1.807, 2.05) is 4.90 Å². The van der Waals surface area contributed by atoms with Crippen LogP contribution in [0.2, 0.25) is 0 Å². The zero-order chi connectivity index (χ0) is 19.3. The molecule has 3 aliphatic heterocycles. The zero-order valence-corrected chi connectivity index (χ0v) is 14.9. The Morgan fingerprint density at radius 2 is 1.79 bits per heavy atom. The van der Waals surface area contributed by atoms with Crippen LogP contribution in [0.25, 0.3) is 27.8 Å². The highest BCUT2D eigenvalue weighted by Crippen LogP contribution is 2.31. The van der Waals surface area contributed by atoms with Gasteiger partial charge in [-0.1, -0.05) is 12.1 Å². The van der Waals surface area contributed by atoms with Gasteiger partial charge >= 0.3 is 0 Å². The van der Waals surface area contributed by atoms with Crippen molar-refractivity contribution in [2.45, 2.75) is 0 Å². The second-order valence-electron chi connectivity index (χ2n) is 6.81. The number of anilines is 1. The van der Waals surface area contributed by atoms with Crippen molar-refractivity contribution in [1.82, 2.24) is 20.1 Å². The van der Waals surface area contributed by atoms with E-state index in [0.29, 0.717) is 22.3 Å². The van der Waals surface area contributed by atoms with Crippen molar-refractivity contribution < 1.29 is 8.78 Å². The number of fused-ring (bicyclic) bond motifs is 3. The van der Waals surface area contributed by atoms with Crippen molar-refractivity contribution in [1.29, 1.82) is 0 Å². The fourth-order valence-electron chi connectivity index (χ4n) is 3.71. The lowest BCUT2D eigenvalue weighted by atomic mass is 10.1. The largest absolute Gasteiger partial charge is 0.367 e. The third-order valence-corrected chi connectivity index (χ3v) is 5.13. The van der Waals surface area contributed by atoms with E-state index in [9.17, 15) is 13.6 Å². The third-order valence-electron chi connectivity index (χ3n) is 5.13. The number of hydrogen-bond acceptors (Lipinski definition) is 4. The van der Waals surface area contributed by atoms with Crippen LogP contribution in [0.15, 0.2) is 47.4 Å². The molecular weight excluding hydrogens is 364 g/mol. The van der Waals surface area contributed by atoms with Gasteiger partial charge in [-0.2, -0.15) is 9.78 Å². The van der Waals surface area contributed by atoms with Crippen molar-refractivity contribution in [3.63, 3.8) is 0 Å². The van der Waals surface area contributed by atoms with Crippen molar-refractivity contribution in [3.05, 3.63) is 64.6 Å². The monoisotopic (exact) mass is 381 g/mol. The Bertz CT molecular complexity index is 1210. The summed E-state index contributed by atoms with van der Waals surface area (Å²) in [5, 5.41) is 8.04. The molecule has 142 valence electrons. The first-order chi connectivity index (χ1) is 13.6. The number of rotatable bonds is 2. The molecule has 1 fully saturated rings. The summed E-state index contributed by atoms with van der Waals surface area (Å²) >= 11 is 0. The van der Waals surface area contributed by atoms with Gasteiger partial charge in [-0.05, 0) is 24.3 Å². The summed E-state index contributed by atoms with van der Waals surface area (Å²) in [5.41, 5.74) is 1.42. The quantitative estimate of drug-likeness (QED) is 0.560. The Morgan fingerprint density at radius 1 is 1.00 bits per heavy atom. The van der Waals surface area contributed by atoms with Crippen molar-refractivity contribution in [2.75, 3.05) is 31.1 Å². The minimum Gasteiger partial charge on any atom is -0.367 e. The molecule has 0 saturated carbocycles. The predicted molar refractivity (Wildman–Crippen MR) is 103 cm³/mol. The summed E-state index contributed by atoms with van der Waals surface area (Å²) in [6, 6.07) is 9.06. The zero-order valence-electron chi connectivity index (χ0n) is 14.9. The molecule has 1 saturated heterocycles. The average molecular weight is 381 g/mol. The number of hydrogen-bond donors (Lipinski definition) is 2. The number of pyridine rings is 1. The number of aromatic amines is 1. The van der Waals surface area contributed by atoms with Gasteiger partial charge in [-0.25, -0.2) is 8.78 Å². The smallest absolute Gasteiger partial charge is 0.282 e. The van der Waals surface area contributed by atoms with E-state index < -0.39 is 11.4 Å². The van der Waals surface area contributed by atoms with Crippen molar-refractivity contribution >= 4 is 16.6 Å². The van der Waals surface area contributed by atoms with Gasteiger partial charge in [0.25, 0.3) is 5.56 Å². The molecule has 5 rings (SSSR count). The Labute approximate surface area is 158 Å². The molecule has 0 unspecified atom stereocenters. The highest BCUT2D eigenvalue weighted by atomic mass is 19.1. The summed E-state index contributed by atoms with van der Waals surface area (Å²) in [7, 11) is 0. The highest BCUT2D eigenvalue weighted by molar-refractivity contribution is 5.95. The van der Waals surface area contributed by atoms with Crippen LogP contribution in [0.1, 0.15) is 0 Å². The van der Waals surface area contributed by atoms with Crippen LogP contribution in [0, 0.1) is 11.6 Å². The van der Waals surface area contributed by atoms with Crippen LogP contribution in [-0.2, 0) is 0 Å². The molecule has 0 atom stereocenters. The number of halogens is 2. The first kappa shape index (κ1) is 16.9. The lowest BCUT2D eigenvalue weighted by Gasteiger charge is -2.29. The number of nitrogens with one attached hydrogen (secondary N) is 2. The molecule has 0 bridgehead atoms. The van der Waals surface area contributed by atoms with Crippen LogP contribution in [0.5, 0.6) is 0 Å². The van der Waals surface area contributed by atoms with Gasteiger partial charge in [0.2, 0.25) is 0 Å². The fraction of sp³-hybridized carbons (Fsp3) is 0.200. The minimum atomic E-state index is -0.548. The van der Waals surface area contributed by atoms with Crippen molar-refractivity contribution in [2.24, 2.45) is 0 Å². The summed E-state index contributed by atoms with van der Waals surface area (Å²) in [5.74, 6) is -0.920. The number of H-pyrrole nitrogens is 1. The molecule has 2 aromatic rings. The Kier molecular flexibility index (Phi) is 3.87. The number of piperazine rings is 1. The van der Waals surface area contributed by atoms with Gasteiger partial charge < -0.3 is 15.2 Å². The van der Waals surface area contributed by atoms with Crippen LogP contribution >= 0.6 is 0 Å². The lowest BCUT2D eigenvalue weighted by molar-refractivity contribution is 0.567. The maximum atomic E-state index is 14.9. The van der Waals surface area contributed by atoms with Crippen LogP contribution in [0.4, 0.5) is 14.5 Å². The Hall–Kier alpha value is -3.26. The molecule has 3 aliphatic rings. The predicted octanol–water partition coefficient (Wildman–Crippen LogP) is 2.51. The van der Waals surface area contributed by atoms with Gasteiger partial charge in [0.05, 0.1) is 11.3 Å². The number of aromatic nitrogens is 3. The molecule has 0 aromatic heterocycles. The average Bonchev–Trinajstić information content (AvgIpc) is 3.05. The summed E-state index contributed by atoms with van der Waals surface area (Å²) in [6.07, 6.45) is 1.55. The molecule has 6 nitrogen and oxygen atoms in total. The van der Waals surface area contributed by atoms with Gasteiger partial charge in [0.15, 0.2) is 0 Å². The van der Waals surface area contributed by atoms with E-state index >= 15 is 0 Å². The fourth-order valence-corrected chi connectivity index (χ4v) is 3.71. The van der Waals surface area contributed by atoms with Gasteiger partial charge in [-0.15, -0.1) is 0 Å². The van der Waals surface area contributed by atoms with E-state index in [-0.39, 0.29) is 17.1 Å². The standard InChI is InChI=1S/C20H17F2N5O/c21-14-3-1-2-4-17(14)27-20(28)13-11-24-16-10-18(26-7-5-23-6-8-26)15(22)9-12(16)19(13)25-27/h1-4,9-11,23-24H,5-8H2. The van der Waals surface area contributed by atoms with Crippen molar-refractivity contribution in [3.8, 4) is 16.9 Å². The minimum absolute atomic E-state index is 0.0646. The SMILES string of the molecule is O=c1c2c[nH]c3cc(N4CCNCC4)c(F)cc3c-2nn1-c1ccccc1F. The normalized spacial score (nSPS) is 14.9. The molecule has 2 aromatic carbocycles. The number of nitrogens with zero attached hydrogens (tertiary/aromatic N) is 3. The van der Waals surface area contributed by atoms with Crippen LogP contribution < -0.4 is 15.8 Å². The number of para-hydroxylation sites is 1. The topological polar surface area (TPSA) is 66.0 Å². The Morgan fingerprint density at radius 3 is 2.57 bits per heavy atom. The molecule has 0 aliphatic carbocycles. The van der Waals surface area contributed by atoms with Crippen LogP contribution in [-0.4, -0.2) is 40.9 Å². The molecule has 28 heavy (non-hydrogen) atoms. The molecule has 0 radical (unpaired) electrons. The summed E-state index contributed by atoms with van der Waals surface area (Å²) < 4.78 is 30.0. The van der Waals surface area contributed by atoms with Gasteiger partial charge in [0, 0.05) is 43.3 Å². The van der Waals surface area contributed by atoms with E-state index in [4.69, 9.17) is 0 Å². The summed E-state index contributed by atoms with van der Waals surface area (Å²) in [6.45, 7) is 3.04. The molecule has 8 heteroatoms. The maximum Gasteiger partial charge on any atom is 0.282 e. The van der Waals surface area contributed by atoms with Gasteiger partial charge in [-0.3, -0.25) is 4.79 Å². The first-order valence-electron chi connectivity index (χ1n) is 9.08.